The van der Waals surface area contributed by atoms with Gasteiger partial charge in [-0.2, -0.15) is 0 Å². The largest absolute Gasteiger partial charge is 0.323 e. The molecule has 0 saturated carbocycles. The highest BCUT2D eigenvalue weighted by atomic mass is 32.1. The molecule has 1 atom stereocenters. The molecular weight excluding hydrogens is 288 g/mol. The predicted molar refractivity (Wildman–Crippen MR) is 87.3 cm³/mol. The lowest BCUT2D eigenvalue weighted by molar-refractivity contribution is 0.357. The lowest BCUT2D eigenvalue weighted by atomic mass is 9.98. The smallest absolute Gasteiger partial charge is 0.263 e. The molecule has 0 saturated heterocycles. The first-order valence-electron chi connectivity index (χ1n) is 7.26. The van der Waals surface area contributed by atoms with E-state index in [1.165, 1.54) is 16.9 Å². The van der Waals surface area contributed by atoms with Crippen molar-refractivity contribution in [3.8, 4) is 0 Å². The van der Waals surface area contributed by atoms with E-state index in [0.717, 1.165) is 23.1 Å². The summed E-state index contributed by atoms with van der Waals surface area (Å²) in [5, 5.41) is 0.895. The molecule has 1 aliphatic rings. The third-order valence-electron chi connectivity index (χ3n) is 4.45. The number of rotatable bonds is 3. The highest BCUT2D eigenvalue weighted by molar-refractivity contribution is 7.71. The Bertz CT molecular complexity index is 766. The van der Waals surface area contributed by atoms with E-state index in [9.17, 15) is 4.79 Å². The van der Waals surface area contributed by atoms with Crippen molar-refractivity contribution >= 4 is 33.8 Å². The van der Waals surface area contributed by atoms with Gasteiger partial charge in [0, 0.05) is 11.4 Å². The Kier molecular flexibility index (Phi) is 3.58. The van der Waals surface area contributed by atoms with E-state index < -0.39 is 0 Å². The quantitative estimate of drug-likeness (QED) is 0.873. The molecule has 20 heavy (non-hydrogen) atoms. The molecule has 3 nitrogen and oxygen atoms in total. The zero-order valence-corrected chi connectivity index (χ0v) is 13.8. The fraction of sp³-hybridized carbons (Fsp3) is 0.600. The zero-order valence-electron chi connectivity index (χ0n) is 12.2. The molecule has 0 aliphatic heterocycles. The average Bonchev–Trinajstić information content (AvgIpc) is 2.93. The van der Waals surface area contributed by atoms with Crippen molar-refractivity contribution in [3.63, 3.8) is 0 Å². The van der Waals surface area contributed by atoms with Crippen LogP contribution in [0.4, 0.5) is 0 Å². The lowest BCUT2D eigenvalue weighted by Gasteiger charge is -2.17. The summed E-state index contributed by atoms with van der Waals surface area (Å²) in [6.07, 6.45) is 3.32. The molecule has 3 rings (SSSR count). The summed E-state index contributed by atoms with van der Waals surface area (Å²) < 4.78 is 2.32. The zero-order chi connectivity index (χ0) is 14.4. The Morgan fingerprint density at radius 2 is 2.10 bits per heavy atom. The highest BCUT2D eigenvalue weighted by Crippen LogP contribution is 2.34. The van der Waals surface area contributed by atoms with E-state index >= 15 is 0 Å². The number of nitrogens with zero attached hydrogens (tertiary/aromatic N) is 1. The summed E-state index contributed by atoms with van der Waals surface area (Å²) in [5.74, 6) is 0.979. The van der Waals surface area contributed by atoms with Crippen LogP contribution < -0.4 is 5.56 Å². The van der Waals surface area contributed by atoms with Gasteiger partial charge in [0.1, 0.15) is 4.83 Å². The van der Waals surface area contributed by atoms with E-state index in [1.807, 2.05) is 0 Å². The van der Waals surface area contributed by atoms with Crippen LogP contribution in [-0.4, -0.2) is 9.55 Å². The fourth-order valence-electron chi connectivity index (χ4n) is 2.77. The van der Waals surface area contributed by atoms with Crippen LogP contribution in [0.25, 0.3) is 10.2 Å². The normalized spacial score (nSPS) is 16.0. The van der Waals surface area contributed by atoms with Gasteiger partial charge in [-0.25, -0.2) is 0 Å². The van der Waals surface area contributed by atoms with Gasteiger partial charge in [-0.3, -0.25) is 9.36 Å². The molecule has 108 valence electrons. The maximum absolute atomic E-state index is 12.8. The number of aryl methyl sites for hydroxylation is 2. The molecule has 1 aliphatic carbocycles. The van der Waals surface area contributed by atoms with Gasteiger partial charge in [0.05, 0.1) is 5.39 Å². The van der Waals surface area contributed by atoms with Crippen LogP contribution in [0.3, 0.4) is 0 Å². The van der Waals surface area contributed by atoms with Crippen molar-refractivity contribution in [1.29, 1.82) is 0 Å². The molecule has 1 unspecified atom stereocenters. The fourth-order valence-corrected chi connectivity index (χ4v) is 4.38. The third kappa shape index (κ3) is 2.17. The van der Waals surface area contributed by atoms with Gasteiger partial charge in [-0.1, -0.05) is 20.8 Å². The number of fused-ring (bicyclic) bond motifs is 3. The summed E-state index contributed by atoms with van der Waals surface area (Å²) >= 11 is 7.11. The summed E-state index contributed by atoms with van der Waals surface area (Å²) in [5.41, 5.74) is 1.38. The minimum absolute atomic E-state index is 0.107. The summed E-state index contributed by atoms with van der Waals surface area (Å²) in [6.45, 7) is 7.24. The molecule has 0 amide bonds. The van der Waals surface area contributed by atoms with Crippen molar-refractivity contribution in [3.05, 3.63) is 25.6 Å². The van der Waals surface area contributed by atoms with E-state index in [4.69, 9.17) is 12.2 Å². The van der Waals surface area contributed by atoms with E-state index in [1.54, 1.807) is 15.9 Å². The van der Waals surface area contributed by atoms with Gasteiger partial charge in [0.15, 0.2) is 4.77 Å². The number of hydrogen-bond donors (Lipinski definition) is 1. The average molecular weight is 308 g/mol. The highest BCUT2D eigenvalue weighted by Gasteiger charge is 2.22. The number of H-pyrrole nitrogens is 1. The molecule has 0 bridgehead atoms. The number of thiophene rings is 1. The van der Waals surface area contributed by atoms with Crippen LogP contribution in [0.2, 0.25) is 0 Å². The van der Waals surface area contributed by atoms with Crippen LogP contribution >= 0.6 is 23.6 Å². The first-order chi connectivity index (χ1) is 9.49. The lowest BCUT2D eigenvalue weighted by Crippen LogP contribution is -2.26. The number of nitrogens with one attached hydrogen (secondary N) is 1. The summed E-state index contributed by atoms with van der Waals surface area (Å²) in [6, 6.07) is 0. The molecule has 0 spiro atoms. The van der Waals surface area contributed by atoms with Crippen LogP contribution in [0, 0.1) is 16.6 Å². The third-order valence-corrected chi connectivity index (χ3v) is 5.98. The Balaban J connectivity index is 2.18. The minimum Gasteiger partial charge on any atom is -0.323 e. The SMILES string of the molecule is CC(C)C(C)Cn1c(=S)[nH]c2sc3c(c2c1=O)CCC3. The Morgan fingerprint density at radius 3 is 2.80 bits per heavy atom. The van der Waals surface area contributed by atoms with Crippen molar-refractivity contribution in [2.45, 2.75) is 46.6 Å². The molecule has 2 heterocycles. The van der Waals surface area contributed by atoms with E-state index in [-0.39, 0.29) is 5.56 Å². The molecule has 0 radical (unpaired) electrons. The van der Waals surface area contributed by atoms with Crippen LogP contribution in [-0.2, 0) is 19.4 Å². The second-order valence-electron chi connectivity index (χ2n) is 6.13. The molecule has 2 aromatic heterocycles. The molecule has 0 fully saturated rings. The van der Waals surface area contributed by atoms with Gasteiger partial charge in [0.2, 0.25) is 0 Å². The second kappa shape index (κ2) is 5.11. The van der Waals surface area contributed by atoms with E-state index in [2.05, 4.69) is 25.8 Å². The summed E-state index contributed by atoms with van der Waals surface area (Å²) in [7, 11) is 0. The van der Waals surface area contributed by atoms with Gasteiger partial charge in [-0.05, 0) is 48.9 Å². The second-order valence-corrected chi connectivity index (χ2v) is 7.62. The Labute approximate surface area is 127 Å². The van der Waals surface area contributed by atoms with Crippen LogP contribution in [0.1, 0.15) is 37.6 Å². The monoisotopic (exact) mass is 308 g/mol. The number of aromatic amines is 1. The van der Waals surface area contributed by atoms with Crippen molar-refractivity contribution in [1.82, 2.24) is 9.55 Å². The van der Waals surface area contributed by atoms with Crippen molar-refractivity contribution < 1.29 is 0 Å². The molecule has 5 heteroatoms. The number of hydrogen-bond acceptors (Lipinski definition) is 3. The van der Waals surface area contributed by atoms with Gasteiger partial charge in [0.25, 0.3) is 5.56 Å². The topological polar surface area (TPSA) is 37.8 Å². The molecular formula is C15H20N2OS2. The molecule has 2 aromatic rings. The molecule has 1 N–H and O–H groups in total. The van der Waals surface area contributed by atoms with Gasteiger partial charge >= 0.3 is 0 Å². The minimum atomic E-state index is 0.107. The maximum Gasteiger partial charge on any atom is 0.263 e. The Morgan fingerprint density at radius 1 is 1.35 bits per heavy atom. The van der Waals surface area contributed by atoms with Crippen LogP contribution in [0.5, 0.6) is 0 Å². The van der Waals surface area contributed by atoms with Crippen molar-refractivity contribution in [2.75, 3.05) is 0 Å². The van der Waals surface area contributed by atoms with E-state index in [0.29, 0.717) is 23.2 Å². The predicted octanol–water partition coefficient (Wildman–Crippen LogP) is 3.90. The first-order valence-corrected chi connectivity index (χ1v) is 8.49. The van der Waals surface area contributed by atoms with Gasteiger partial charge in [-0.15, -0.1) is 11.3 Å². The van der Waals surface area contributed by atoms with Gasteiger partial charge < -0.3 is 4.98 Å². The summed E-state index contributed by atoms with van der Waals surface area (Å²) in [4.78, 5) is 18.4. The maximum atomic E-state index is 12.8. The van der Waals surface area contributed by atoms with Crippen molar-refractivity contribution in [2.24, 2.45) is 11.8 Å². The van der Waals surface area contributed by atoms with Crippen LogP contribution in [0.15, 0.2) is 4.79 Å². The standard InChI is InChI=1S/C15H20N2OS2/c1-8(2)9(3)7-17-14(18)12-10-5-4-6-11(10)20-13(12)16-15(17)19/h8-9H,4-7H2,1-3H3,(H,16,19). The Hall–Kier alpha value is -0.940. The first kappa shape index (κ1) is 14.0. The molecule has 0 aromatic carbocycles. The number of aromatic nitrogens is 2.